The minimum absolute atomic E-state index is 0.0274. The molecule has 0 amide bonds. The minimum Gasteiger partial charge on any atom is -0.378 e. The van der Waals surface area contributed by atoms with Crippen LogP contribution in [0.3, 0.4) is 0 Å². The SMILES string of the molecule is CCN(CC)c1ccc(NCC(=O)c2cc(C)n(C(C)(C)C)c2C)cc1. The lowest BCUT2D eigenvalue weighted by Crippen LogP contribution is -2.24. The van der Waals surface area contributed by atoms with Crippen LogP contribution in [0.5, 0.6) is 0 Å². The van der Waals surface area contributed by atoms with Crippen molar-refractivity contribution in [1.82, 2.24) is 4.57 Å². The van der Waals surface area contributed by atoms with Crippen molar-refractivity contribution in [1.29, 1.82) is 0 Å². The summed E-state index contributed by atoms with van der Waals surface area (Å²) in [7, 11) is 0. The van der Waals surface area contributed by atoms with E-state index in [1.165, 1.54) is 5.69 Å². The summed E-state index contributed by atoms with van der Waals surface area (Å²) in [4.78, 5) is 15.0. The van der Waals surface area contributed by atoms with Crippen molar-refractivity contribution in [2.24, 2.45) is 0 Å². The van der Waals surface area contributed by atoms with Crippen molar-refractivity contribution < 1.29 is 4.79 Å². The molecule has 1 N–H and O–H groups in total. The Balaban J connectivity index is 2.08. The number of carbonyl (C=O) groups excluding carboxylic acids is 1. The van der Waals surface area contributed by atoms with Crippen LogP contribution in [0.4, 0.5) is 11.4 Å². The van der Waals surface area contributed by atoms with Crippen molar-refractivity contribution in [3.63, 3.8) is 0 Å². The van der Waals surface area contributed by atoms with E-state index in [2.05, 4.69) is 68.5 Å². The van der Waals surface area contributed by atoms with E-state index in [0.29, 0.717) is 6.54 Å². The second-order valence-electron chi connectivity index (χ2n) is 7.79. The average molecular weight is 356 g/mol. The number of anilines is 2. The first-order chi connectivity index (χ1) is 12.2. The fourth-order valence-corrected chi connectivity index (χ4v) is 3.73. The number of benzene rings is 1. The molecule has 0 fully saturated rings. The van der Waals surface area contributed by atoms with Crippen molar-refractivity contribution in [3.05, 3.63) is 47.3 Å². The highest BCUT2D eigenvalue weighted by Gasteiger charge is 2.22. The van der Waals surface area contributed by atoms with Gasteiger partial charge in [-0.2, -0.15) is 0 Å². The van der Waals surface area contributed by atoms with Crippen LogP contribution in [0, 0.1) is 13.8 Å². The summed E-state index contributed by atoms with van der Waals surface area (Å²) in [6, 6.07) is 10.3. The molecule has 0 spiro atoms. The number of hydrogen-bond acceptors (Lipinski definition) is 3. The highest BCUT2D eigenvalue weighted by molar-refractivity contribution is 6.00. The molecule has 0 radical (unpaired) electrons. The largest absolute Gasteiger partial charge is 0.378 e. The normalized spacial score (nSPS) is 11.5. The quantitative estimate of drug-likeness (QED) is 0.710. The summed E-state index contributed by atoms with van der Waals surface area (Å²) in [6.07, 6.45) is 0. The molecule has 0 aliphatic rings. The number of nitrogens with zero attached hydrogens (tertiary/aromatic N) is 2. The molecule has 0 aliphatic carbocycles. The summed E-state index contributed by atoms with van der Waals surface area (Å²) in [5.41, 5.74) is 5.13. The van der Waals surface area contributed by atoms with Crippen LogP contribution < -0.4 is 10.2 Å². The van der Waals surface area contributed by atoms with Crippen molar-refractivity contribution in [2.75, 3.05) is 29.9 Å². The van der Waals surface area contributed by atoms with E-state index < -0.39 is 0 Å². The van der Waals surface area contributed by atoms with Crippen LogP contribution in [0.1, 0.15) is 56.4 Å². The number of aromatic nitrogens is 1. The third kappa shape index (κ3) is 4.29. The zero-order valence-corrected chi connectivity index (χ0v) is 17.3. The number of rotatable bonds is 7. The minimum atomic E-state index is -0.0274. The Morgan fingerprint density at radius 3 is 2.12 bits per heavy atom. The second kappa shape index (κ2) is 7.98. The molecule has 4 heteroatoms. The van der Waals surface area contributed by atoms with Gasteiger partial charge in [0.15, 0.2) is 5.78 Å². The van der Waals surface area contributed by atoms with E-state index >= 15 is 0 Å². The van der Waals surface area contributed by atoms with Gasteiger partial charge in [-0.25, -0.2) is 0 Å². The molecule has 0 unspecified atom stereocenters. The van der Waals surface area contributed by atoms with Crippen molar-refractivity contribution in [3.8, 4) is 0 Å². The maximum atomic E-state index is 12.7. The molecule has 0 aliphatic heterocycles. The second-order valence-corrected chi connectivity index (χ2v) is 7.79. The summed E-state index contributed by atoms with van der Waals surface area (Å²) in [6.45, 7) is 17.2. The molecule has 0 saturated carbocycles. The van der Waals surface area contributed by atoms with E-state index in [-0.39, 0.29) is 11.3 Å². The summed E-state index contributed by atoms with van der Waals surface area (Å²) >= 11 is 0. The zero-order valence-electron chi connectivity index (χ0n) is 17.3. The monoisotopic (exact) mass is 355 g/mol. The molecule has 142 valence electrons. The van der Waals surface area contributed by atoms with Gasteiger partial charge in [-0.3, -0.25) is 4.79 Å². The van der Waals surface area contributed by atoms with Gasteiger partial charge in [0.25, 0.3) is 0 Å². The summed E-state index contributed by atoms with van der Waals surface area (Å²) in [5.74, 6) is 0.126. The number of aryl methyl sites for hydroxylation is 1. The van der Waals surface area contributed by atoms with Gasteiger partial charge in [0.2, 0.25) is 0 Å². The lowest BCUT2D eigenvalue weighted by Gasteiger charge is -2.25. The lowest BCUT2D eigenvalue weighted by atomic mass is 10.1. The van der Waals surface area contributed by atoms with Gasteiger partial charge in [0.05, 0.1) is 6.54 Å². The Morgan fingerprint density at radius 1 is 1.08 bits per heavy atom. The first kappa shape index (κ1) is 20.1. The van der Waals surface area contributed by atoms with Gasteiger partial charge >= 0.3 is 0 Å². The average Bonchev–Trinajstić information content (AvgIpc) is 2.89. The predicted molar refractivity (Wildman–Crippen MR) is 112 cm³/mol. The van der Waals surface area contributed by atoms with E-state index in [0.717, 1.165) is 35.7 Å². The third-order valence-corrected chi connectivity index (χ3v) is 4.85. The molecule has 0 saturated heterocycles. The van der Waals surface area contributed by atoms with Gasteiger partial charge < -0.3 is 14.8 Å². The Kier molecular flexibility index (Phi) is 6.17. The number of hydrogen-bond donors (Lipinski definition) is 1. The van der Waals surface area contributed by atoms with Gasteiger partial charge in [0, 0.05) is 47.0 Å². The lowest BCUT2D eigenvalue weighted by molar-refractivity contribution is 0.100. The van der Waals surface area contributed by atoms with Crippen LogP contribution in [0.2, 0.25) is 0 Å². The number of Topliss-reactive ketones (excluding diaryl/α,β-unsaturated/α-hetero) is 1. The topological polar surface area (TPSA) is 37.3 Å². The van der Waals surface area contributed by atoms with Crippen molar-refractivity contribution in [2.45, 2.75) is 54.0 Å². The molecule has 1 aromatic heterocycles. The Labute approximate surface area is 158 Å². The van der Waals surface area contributed by atoms with E-state index in [1.807, 2.05) is 25.1 Å². The van der Waals surface area contributed by atoms with Crippen LogP contribution >= 0.6 is 0 Å². The third-order valence-electron chi connectivity index (χ3n) is 4.85. The summed E-state index contributed by atoms with van der Waals surface area (Å²) in [5, 5.41) is 3.26. The number of ketones is 1. The van der Waals surface area contributed by atoms with Gasteiger partial charge in [0.1, 0.15) is 0 Å². The maximum absolute atomic E-state index is 12.7. The van der Waals surface area contributed by atoms with Gasteiger partial charge in [-0.15, -0.1) is 0 Å². The van der Waals surface area contributed by atoms with E-state index in [9.17, 15) is 4.79 Å². The number of nitrogens with one attached hydrogen (secondary N) is 1. The molecule has 0 bridgehead atoms. The molecule has 2 aromatic rings. The van der Waals surface area contributed by atoms with Gasteiger partial charge in [-0.05, 0) is 78.8 Å². The molecule has 2 rings (SSSR count). The molecule has 26 heavy (non-hydrogen) atoms. The highest BCUT2D eigenvalue weighted by atomic mass is 16.1. The Bertz CT molecular complexity index is 747. The molecular formula is C22H33N3O. The molecule has 0 atom stereocenters. The first-order valence-electron chi connectivity index (χ1n) is 9.50. The fraction of sp³-hybridized carbons (Fsp3) is 0.500. The maximum Gasteiger partial charge on any atom is 0.183 e. The van der Waals surface area contributed by atoms with Crippen LogP contribution in [0.25, 0.3) is 0 Å². The smallest absolute Gasteiger partial charge is 0.183 e. The molecular weight excluding hydrogens is 322 g/mol. The molecule has 1 heterocycles. The highest BCUT2D eigenvalue weighted by Crippen LogP contribution is 2.25. The first-order valence-corrected chi connectivity index (χ1v) is 9.50. The molecule has 1 aromatic carbocycles. The van der Waals surface area contributed by atoms with Crippen molar-refractivity contribution >= 4 is 17.2 Å². The van der Waals surface area contributed by atoms with Gasteiger partial charge in [-0.1, -0.05) is 0 Å². The fourth-order valence-electron chi connectivity index (χ4n) is 3.73. The number of carbonyl (C=O) groups is 1. The summed E-state index contributed by atoms with van der Waals surface area (Å²) < 4.78 is 2.24. The standard InChI is InChI=1S/C22H33N3O/c1-8-24(9-2)19-12-10-18(11-13-19)23-15-21(26)20-14-16(3)25(17(20)4)22(5,6)7/h10-14,23H,8-9,15H2,1-7H3. The van der Waals surface area contributed by atoms with Crippen LogP contribution in [-0.2, 0) is 5.54 Å². The van der Waals surface area contributed by atoms with Crippen LogP contribution in [-0.4, -0.2) is 30.0 Å². The van der Waals surface area contributed by atoms with Crippen LogP contribution in [0.15, 0.2) is 30.3 Å². The Morgan fingerprint density at radius 2 is 1.65 bits per heavy atom. The molecule has 4 nitrogen and oxygen atoms in total. The van der Waals surface area contributed by atoms with E-state index in [1.54, 1.807) is 0 Å². The van der Waals surface area contributed by atoms with E-state index in [4.69, 9.17) is 0 Å². The Hall–Kier alpha value is -2.23. The zero-order chi connectivity index (χ0) is 19.5. The predicted octanol–water partition coefficient (Wildman–Crippen LogP) is 5.00.